The maximum Gasteiger partial charge on any atom is 0.179 e. The highest BCUT2D eigenvalue weighted by Gasteiger charge is 2.33. The topological polar surface area (TPSA) is 42.9 Å². The molecule has 0 amide bonds. The molecule has 0 saturated heterocycles. The number of ketones is 1. The number of carbonyl (C=O) groups is 1. The third-order valence-electron chi connectivity index (χ3n) is 4.05. The molecule has 3 nitrogen and oxygen atoms in total. The third-order valence-corrected chi connectivity index (χ3v) is 4.81. The summed E-state index contributed by atoms with van der Waals surface area (Å²) in [4.78, 5) is 13.5. The Hall–Kier alpha value is -0.770. The Bertz CT molecular complexity index is 414. The summed E-state index contributed by atoms with van der Waals surface area (Å²) >= 11 is 1.28. The van der Waals surface area contributed by atoms with Gasteiger partial charge in [0.1, 0.15) is 4.88 Å². The number of hydrogen-bond acceptors (Lipinski definition) is 4. The van der Waals surface area contributed by atoms with Crippen LogP contribution in [0.3, 0.4) is 0 Å². The molecule has 0 spiro atoms. The third kappa shape index (κ3) is 2.63. The van der Waals surface area contributed by atoms with E-state index >= 15 is 0 Å². The Morgan fingerprint density at radius 2 is 2.11 bits per heavy atom. The average molecular weight is 266 g/mol. The lowest BCUT2D eigenvalue weighted by Crippen LogP contribution is -2.27. The summed E-state index contributed by atoms with van der Waals surface area (Å²) in [6.45, 7) is 6.35. The Labute approximate surface area is 113 Å². The van der Waals surface area contributed by atoms with E-state index in [9.17, 15) is 4.79 Å². The van der Waals surface area contributed by atoms with Crippen molar-refractivity contribution in [2.24, 2.45) is 11.8 Å². The molecule has 0 aliphatic heterocycles. The first-order chi connectivity index (χ1) is 8.65. The SMILES string of the molecule is CCC1CCCCC1C(=O)c1snnc1C(C)C. The predicted octanol–water partition coefficient (Wildman–Crippen LogP) is 4.06. The normalized spacial score (nSPS) is 24.4. The Morgan fingerprint density at radius 3 is 2.78 bits per heavy atom. The molecule has 1 saturated carbocycles. The fourth-order valence-electron chi connectivity index (χ4n) is 2.96. The van der Waals surface area contributed by atoms with Crippen molar-refractivity contribution in [3.8, 4) is 0 Å². The van der Waals surface area contributed by atoms with Gasteiger partial charge in [-0.15, -0.1) is 5.10 Å². The summed E-state index contributed by atoms with van der Waals surface area (Å²) < 4.78 is 3.98. The molecule has 1 aliphatic carbocycles. The minimum atomic E-state index is 0.212. The Balaban J connectivity index is 2.21. The van der Waals surface area contributed by atoms with Gasteiger partial charge in [0.25, 0.3) is 0 Å². The fourth-order valence-corrected chi connectivity index (χ4v) is 3.78. The molecule has 4 heteroatoms. The van der Waals surface area contributed by atoms with Crippen molar-refractivity contribution >= 4 is 17.3 Å². The van der Waals surface area contributed by atoms with Gasteiger partial charge in [-0.2, -0.15) is 0 Å². The molecule has 1 heterocycles. The highest BCUT2D eigenvalue weighted by molar-refractivity contribution is 7.08. The molecule has 2 atom stereocenters. The van der Waals surface area contributed by atoms with Gasteiger partial charge in [-0.3, -0.25) is 4.79 Å². The van der Waals surface area contributed by atoms with E-state index in [4.69, 9.17) is 0 Å². The number of nitrogens with zero attached hydrogens (tertiary/aromatic N) is 2. The minimum absolute atomic E-state index is 0.212. The molecule has 2 rings (SSSR count). The van der Waals surface area contributed by atoms with Crippen molar-refractivity contribution in [1.82, 2.24) is 9.59 Å². The van der Waals surface area contributed by atoms with Crippen LogP contribution in [0.25, 0.3) is 0 Å². The van der Waals surface area contributed by atoms with E-state index in [1.165, 1.54) is 30.8 Å². The summed E-state index contributed by atoms with van der Waals surface area (Å²) in [7, 11) is 0. The van der Waals surface area contributed by atoms with E-state index in [2.05, 4.69) is 30.4 Å². The van der Waals surface area contributed by atoms with Crippen LogP contribution >= 0.6 is 11.5 Å². The summed E-state index contributed by atoms with van der Waals surface area (Å²) in [6.07, 6.45) is 5.83. The molecule has 1 aliphatic rings. The van der Waals surface area contributed by atoms with Crippen LogP contribution in [0.15, 0.2) is 0 Å². The van der Waals surface area contributed by atoms with Gasteiger partial charge in [0.2, 0.25) is 0 Å². The number of Topliss-reactive ketones (excluding diaryl/α,β-unsaturated/α-hetero) is 1. The van der Waals surface area contributed by atoms with Crippen LogP contribution in [0.2, 0.25) is 0 Å². The first kappa shape index (κ1) is 13.7. The summed E-state index contributed by atoms with van der Waals surface area (Å²) in [5.41, 5.74) is 0.894. The van der Waals surface area contributed by atoms with Gasteiger partial charge in [0.05, 0.1) is 5.69 Å². The van der Waals surface area contributed by atoms with Crippen molar-refractivity contribution in [3.05, 3.63) is 10.6 Å². The fraction of sp³-hybridized carbons (Fsp3) is 0.786. The number of hydrogen-bond donors (Lipinski definition) is 0. The zero-order valence-electron chi connectivity index (χ0n) is 11.5. The van der Waals surface area contributed by atoms with Crippen LogP contribution in [0.5, 0.6) is 0 Å². The molecule has 1 fully saturated rings. The summed E-state index contributed by atoms with van der Waals surface area (Å²) in [5.74, 6) is 1.36. The van der Waals surface area contributed by atoms with Gasteiger partial charge >= 0.3 is 0 Å². The maximum absolute atomic E-state index is 12.7. The molecule has 0 N–H and O–H groups in total. The van der Waals surface area contributed by atoms with Crippen LogP contribution in [0.4, 0.5) is 0 Å². The van der Waals surface area contributed by atoms with Crippen molar-refractivity contribution in [2.75, 3.05) is 0 Å². The molecule has 0 bridgehead atoms. The van der Waals surface area contributed by atoms with Crippen LogP contribution in [-0.2, 0) is 0 Å². The number of aromatic nitrogens is 2. The van der Waals surface area contributed by atoms with Gasteiger partial charge in [-0.1, -0.05) is 44.5 Å². The molecule has 0 aromatic carbocycles. The number of carbonyl (C=O) groups excluding carboxylic acids is 1. The van der Waals surface area contributed by atoms with Crippen molar-refractivity contribution in [3.63, 3.8) is 0 Å². The van der Waals surface area contributed by atoms with Crippen molar-refractivity contribution < 1.29 is 4.79 Å². The van der Waals surface area contributed by atoms with E-state index in [1.54, 1.807) is 0 Å². The van der Waals surface area contributed by atoms with E-state index < -0.39 is 0 Å². The van der Waals surface area contributed by atoms with Gasteiger partial charge in [0.15, 0.2) is 5.78 Å². The van der Waals surface area contributed by atoms with E-state index in [1.807, 2.05) is 0 Å². The molecular weight excluding hydrogens is 244 g/mol. The molecular formula is C14H22N2OS. The van der Waals surface area contributed by atoms with E-state index in [0.29, 0.717) is 11.7 Å². The van der Waals surface area contributed by atoms with Crippen LogP contribution in [-0.4, -0.2) is 15.4 Å². The van der Waals surface area contributed by atoms with E-state index in [-0.39, 0.29) is 11.8 Å². The van der Waals surface area contributed by atoms with Gasteiger partial charge in [-0.25, -0.2) is 0 Å². The lowest BCUT2D eigenvalue weighted by molar-refractivity contribution is 0.0823. The minimum Gasteiger partial charge on any atom is -0.293 e. The van der Waals surface area contributed by atoms with Crippen molar-refractivity contribution in [2.45, 2.75) is 58.8 Å². The first-order valence-corrected chi connectivity index (χ1v) is 7.79. The summed E-state index contributed by atoms with van der Waals surface area (Å²) in [6, 6.07) is 0. The zero-order chi connectivity index (χ0) is 13.1. The Kier molecular flexibility index (Phi) is 4.49. The lowest BCUT2D eigenvalue weighted by atomic mass is 9.75. The Morgan fingerprint density at radius 1 is 1.39 bits per heavy atom. The zero-order valence-corrected chi connectivity index (χ0v) is 12.3. The largest absolute Gasteiger partial charge is 0.293 e. The predicted molar refractivity (Wildman–Crippen MR) is 74.1 cm³/mol. The molecule has 18 heavy (non-hydrogen) atoms. The van der Waals surface area contributed by atoms with Gasteiger partial charge in [-0.05, 0) is 36.2 Å². The monoisotopic (exact) mass is 266 g/mol. The van der Waals surface area contributed by atoms with Crippen molar-refractivity contribution in [1.29, 1.82) is 0 Å². The number of rotatable bonds is 4. The highest BCUT2D eigenvalue weighted by atomic mass is 32.1. The molecule has 0 radical (unpaired) electrons. The summed E-state index contributed by atoms with van der Waals surface area (Å²) in [5, 5.41) is 4.13. The standard InChI is InChI=1S/C14H22N2OS/c1-4-10-7-5-6-8-11(10)13(17)14-12(9(2)3)15-16-18-14/h9-11H,4-8H2,1-3H3. The van der Waals surface area contributed by atoms with Crippen LogP contribution in [0, 0.1) is 11.8 Å². The van der Waals surface area contributed by atoms with E-state index in [0.717, 1.165) is 23.4 Å². The van der Waals surface area contributed by atoms with Crippen LogP contribution < -0.4 is 0 Å². The van der Waals surface area contributed by atoms with Crippen LogP contribution in [0.1, 0.15) is 74.2 Å². The van der Waals surface area contributed by atoms with Gasteiger partial charge in [0, 0.05) is 5.92 Å². The lowest BCUT2D eigenvalue weighted by Gasteiger charge is -2.29. The second-order valence-corrected chi connectivity index (χ2v) is 6.32. The van der Waals surface area contributed by atoms with Gasteiger partial charge < -0.3 is 0 Å². The first-order valence-electron chi connectivity index (χ1n) is 7.01. The highest BCUT2D eigenvalue weighted by Crippen LogP contribution is 2.36. The quantitative estimate of drug-likeness (QED) is 0.772. The molecule has 2 unspecified atom stereocenters. The second kappa shape index (κ2) is 5.91. The molecule has 100 valence electrons. The average Bonchev–Trinajstić information content (AvgIpc) is 2.87. The maximum atomic E-state index is 12.7. The molecule has 1 aromatic rings. The molecule has 1 aromatic heterocycles. The smallest absolute Gasteiger partial charge is 0.179 e. The second-order valence-electron chi connectivity index (χ2n) is 5.57.